The predicted octanol–water partition coefficient (Wildman–Crippen LogP) is 2.84. The number of carbonyl (C=O) groups is 1. The van der Waals surface area contributed by atoms with Gasteiger partial charge in [-0.3, -0.25) is 4.79 Å². The average molecular weight is 304 g/mol. The van der Waals surface area contributed by atoms with Crippen LogP contribution in [0.2, 0.25) is 0 Å². The van der Waals surface area contributed by atoms with Crippen molar-refractivity contribution in [1.82, 2.24) is 10.2 Å². The van der Waals surface area contributed by atoms with Crippen LogP contribution in [0, 0.1) is 0 Å². The number of benzene rings is 1. The lowest BCUT2D eigenvalue weighted by molar-refractivity contribution is -0.134. The summed E-state index contributed by atoms with van der Waals surface area (Å²) in [5.74, 6) is 1.16. The molecule has 1 saturated heterocycles. The van der Waals surface area contributed by atoms with E-state index in [0.29, 0.717) is 19.1 Å². The minimum Gasteiger partial charge on any atom is -0.494 e. The van der Waals surface area contributed by atoms with Crippen LogP contribution in [0.25, 0.3) is 0 Å². The summed E-state index contributed by atoms with van der Waals surface area (Å²) in [4.78, 5) is 14.6. The van der Waals surface area contributed by atoms with Crippen LogP contribution in [-0.4, -0.2) is 43.1 Å². The largest absolute Gasteiger partial charge is 0.494 e. The van der Waals surface area contributed by atoms with Crippen LogP contribution in [0.5, 0.6) is 5.75 Å². The van der Waals surface area contributed by atoms with E-state index >= 15 is 0 Å². The summed E-state index contributed by atoms with van der Waals surface area (Å²) in [5, 5.41) is 3.36. The molecule has 22 heavy (non-hydrogen) atoms. The number of ether oxygens (including phenoxy) is 1. The molecule has 0 unspecified atom stereocenters. The van der Waals surface area contributed by atoms with Gasteiger partial charge in [-0.05, 0) is 50.9 Å². The topological polar surface area (TPSA) is 41.6 Å². The Morgan fingerprint density at radius 1 is 1.27 bits per heavy atom. The average Bonchev–Trinajstić information content (AvgIpc) is 2.58. The standard InChI is InChI=1S/C18H28N2O2/c1-2-14-20(16-10-12-19-13-11-16)18(21)9-6-15-22-17-7-4-3-5-8-17/h3-5,7-8,16,19H,2,6,9-15H2,1H3. The molecule has 1 aliphatic rings. The Morgan fingerprint density at radius 2 is 2.00 bits per heavy atom. The van der Waals surface area contributed by atoms with Crippen molar-refractivity contribution in [3.8, 4) is 5.75 Å². The molecule has 122 valence electrons. The molecule has 1 aliphatic heterocycles. The Morgan fingerprint density at radius 3 is 2.68 bits per heavy atom. The molecule has 4 heteroatoms. The highest BCUT2D eigenvalue weighted by molar-refractivity contribution is 5.76. The van der Waals surface area contributed by atoms with E-state index in [1.54, 1.807) is 0 Å². The summed E-state index contributed by atoms with van der Waals surface area (Å²) in [6.07, 6.45) is 4.53. The monoisotopic (exact) mass is 304 g/mol. The van der Waals surface area contributed by atoms with Gasteiger partial charge in [0, 0.05) is 19.0 Å². The van der Waals surface area contributed by atoms with Crippen LogP contribution in [0.3, 0.4) is 0 Å². The van der Waals surface area contributed by atoms with Gasteiger partial charge < -0.3 is 15.0 Å². The molecule has 0 radical (unpaired) electrons. The number of carbonyl (C=O) groups excluding carboxylic acids is 1. The second-order valence-electron chi connectivity index (χ2n) is 5.83. The second-order valence-corrected chi connectivity index (χ2v) is 5.83. The maximum atomic E-state index is 12.5. The Balaban J connectivity index is 1.73. The molecule has 1 heterocycles. The van der Waals surface area contributed by atoms with Crippen LogP contribution in [0.1, 0.15) is 39.0 Å². The van der Waals surface area contributed by atoms with Crippen LogP contribution >= 0.6 is 0 Å². The molecule has 1 fully saturated rings. The highest BCUT2D eigenvalue weighted by atomic mass is 16.5. The first-order valence-corrected chi connectivity index (χ1v) is 8.49. The fourth-order valence-electron chi connectivity index (χ4n) is 2.94. The Kier molecular flexibility index (Phi) is 7.23. The summed E-state index contributed by atoms with van der Waals surface area (Å²) in [6, 6.07) is 10.2. The fourth-order valence-corrected chi connectivity index (χ4v) is 2.94. The highest BCUT2D eigenvalue weighted by Gasteiger charge is 2.24. The molecule has 0 aliphatic carbocycles. The van der Waals surface area contributed by atoms with Crippen molar-refractivity contribution < 1.29 is 9.53 Å². The van der Waals surface area contributed by atoms with Gasteiger partial charge in [-0.15, -0.1) is 0 Å². The van der Waals surface area contributed by atoms with Gasteiger partial charge in [0.05, 0.1) is 6.61 Å². The Hall–Kier alpha value is -1.55. The van der Waals surface area contributed by atoms with E-state index in [0.717, 1.165) is 51.1 Å². The first kappa shape index (κ1) is 16.8. The minimum absolute atomic E-state index is 0.283. The highest BCUT2D eigenvalue weighted by Crippen LogP contribution is 2.15. The van der Waals surface area contributed by atoms with E-state index in [2.05, 4.69) is 17.1 Å². The molecule has 0 atom stereocenters. The minimum atomic E-state index is 0.283. The number of hydrogen-bond donors (Lipinski definition) is 1. The van der Waals surface area contributed by atoms with E-state index in [9.17, 15) is 4.79 Å². The zero-order valence-electron chi connectivity index (χ0n) is 13.6. The predicted molar refractivity (Wildman–Crippen MR) is 89.1 cm³/mol. The van der Waals surface area contributed by atoms with Gasteiger partial charge in [-0.25, -0.2) is 0 Å². The van der Waals surface area contributed by atoms with E-state index in [-0.39, 0.29) is 5.91 Å². The van der Waals surface area contributed by atoms with Crippen LogP contribution in [0.15, 0.2) is 30.3 Å². The van der Waals surface area contributed by atoms with E-state index in [4.69, 9.17) is 4.74 Å². The third-order valence-corrected chi connectivity index (χ3v) is 4.08. The van der Waals surface area contributed by atoms with Gasteiger partial charge in [-0.2, -0.15) is 0 Å². The molecule has 2 rings (SSSR count). The van der Waals surface area contributed by atoms with Crippen molar-refractivity contribution in [3.05, 3.63) is 30.3 Å². The van der Waals surface area contributed by atoms with Crippen molar-refractivity contribution >= 4 is 5.91 Å². The number of nitrogens with zero attached hydrogens (tertiary/aromatic N) is 1. The van der Waals surface area contributed by atoms with Crippen LogP contribution < -0.4 is 10.1 Å². The molecular formula is C18H28N2O2. The lowest BCUT2D eigenvalue weighted by Crippen LogP contribution is -2.46. The third-order valence-electron chi connectivity index (χ3n) is 4.08. The van der Waals surface area contributed by atoms with Crippen molar-refractivity contribution in [2.75, 3.05) is 26.2 Å². The number of piperidine rings is 1. The van der Waals surface area contributed by atoms with E-state index < -0.39 is 0 Å². The second kappa shape index (κ2) is 9.46. The molecule has 1 N–H and O–H groups in total. The summed E-state index contributed by atoms with van der Waals surface area (Å²) in [5.41, 5.74) is 0. The van der Waals surface area contributed by atoms with E-state index in [1.807, 2.05) is 30.3 Å². The molecule has 0 saturated carbocycles. The zero-order valence-corrected chi connectivity index (χ0v) is 13.6. The number of nitrogens with one attached hydrogen (secondary N) is 1. The lowest BCUT2D eigenvalue weighted by atomic mass is 10.0. The van der Waals surface area contributed by atoms with Crippen molar-refractivity contribution in [3.63, 3.8) is 0 Å². The molecule has 1 amide bonds. The SMILES string of the molecule is CCCN(C(=O)CCCOc1ccccc1)C1CCNCC1. The number of rotatable bonds is 8. The molecule has 4 nitrogen and oxygen atoms in total. The molecule has 1 aromatic rings. The summed E-state index contributed by atoms with van der Waals surface area (Å²) in [7, 11) is 0. The maximum absolute atomic E-state index is 12.5. The van der Waals surface area contributed by atoms with Gasteiger partial charge in [0.15, 0.2) is 0 Å². The third kappa shape index (κ3) is 5.34. The van der Waals surface area contributed by atoms with E-state index in [1.165, 1.54) is 0 Å². The quantitative estimate of drug-likeness (QED) is 0.751. The van der Waals surface area contributed by atoms with Gasteiger partial charge in [-0.1, -0.05) is 25.1 Å². The summed E-state index contributed by atoms with van der Waals surface area (Å²) < 4.78 is 5.66. The normalized spacial score (nSPS) is 15.5. The van der Waals surface area contributed by atoms with Crippen LogP contribution in [0.4, 0.5) is 0 Å². The van der Waals surface area contributed by atoms with Gasteiger partial charge in [0.2, 0.25) is 5.91 Å². The molecular weight excluding hydrogens is 276 g/mol. The first-order valence-electron chi connectivity index (χ1n) is 8.49. The molecule has 1 aromatic carbocycles. The maximum Gasteiger partial charge on any atom is 0.222 e. The smallest absolute Gasteiger partial charge is 0.222 e. The summed E-state index contributed by atoms with van der Waals surface area (Å²) >= 11 is 0. The van der Waals surface area contributed by atoms with Gasteiger partial charge in [0.25, 0.3) is 0 Å². The first-order chi connectivity index (χ1) is 10.8. The van der Waals surface area contributed by atoms with Crippen LogP contribution in [-0.2, 0) is 4.79 Å². The number of hydrogen-bond acceptors (Lipinski definition) is 3. The zero-order chi connectivity index (χ0) is 15.6. The molecule has 0 bridgehead atoms. The number of amides is 1. The van der Waals surface area contributed by atoms with Crippen molar-refractivity contribution in [2.45, 2.75) is 45.1 Å². The lowest BCUT2D eigenvalue weighted by Gasteiger charge is -2.34. The van der Waals surface area contributed by atoms with Gasteiger partial charge >= 0.3 is 0 Å². The molecule has 0 aromatic heterocycles. The number of para-hydroxylation sites is 1. The van der Waals surface area contributed by atoms with Gasteiger partial charge in [0.1, 0.15) is 5.75 Å². The molecule has 0 spiro atoms. The Labute approximate surface area is 133 Å². The summed E-state index contributed by atoms with van der Waals surface area (Å²) in [6.45, 7) is 5.66. The Bertz CT molecular complexity index is 430. The van der Waals surface area contributed by atoms with Crippen molar-refractivity contribution in [2.24, 2.45) is 0 Å². The fraction of sp³-hybridized carbons (Fsp3) is 0.611. The van der Waals surface area contributed by atoms with Crippen molar-refractivity contribution in [1.29, 1.82) is 0 Å².